The summed E-state index contributed by atoms with van der Waals surface area (Å²) in [6.45, 7) is 4.22. The number of benzene rings is 2. The van der Waals surface area contributed by atoms with E-state index in [4.69, 9.17) is 9.47 Å². The van der Waals surface area contributed by atoms with E-state index in [9.17, 15) is 22.8 Å². The lowest BCUT2D eigenvalue weighted by Gasteiger charge is -2.17. The van der Waals surface area contributed by atoms with Gasteiger partial charge in [0.2, 0.25) is 11.8 Å². The van der Waals surface area contributed by atoms with E-state index >= 15 is 0 Å². The monoisotopic (exact) mass is 483 g/mol. The number of likely N-dealkylation sites (N-methyl/N-ethyl adjacent to an activating group) is 1. The number of para-hydroxylation sites is 1. The summed E-state index contributed by atoms with van der Waals surface area (Å²) in [4.78, 5) is 26.0. The minimum absolute atomic E-state index is 0.0849. The number of rotatable bonds is 12. The number of amides is 2. The topological polar surface area (TPSA) is 89.1 Å². The summed E-state index contributed by atoms with van der Waals surface area (Å²) in [5.41, 5.74) is 0.685. The molecule has 0 radical (unpaired) electrons. The molecule has 186 valence electrons. The molecule has 0 heterocycles. The third-order valence-corrected chi connectivity index (χ3v) is 4.33. The molecule has 2 aromatic rings. The van der Waals surface area contributed by atoms with Gasteiger partial charge in [-0.3, -0.25) is 14.5 Å². The summed E-state index contributed by atoms with van der Waals surface area (Å²) < 4.78 is 52.5. The van der Waals surface area contributed by atoms with Crippen LogP contribution in [0.15, 0.2) is 42.5 Å². The van der Waals surface area contributed by atoms with Crippen LogP contribution >= 0.6 is 0 Å². The Kier molecular flexibility index (Phi) is 9.99. The van der Waals surface area contributed by atoms with E-state index in [1.807, 2.05) is 13.8 Å². The molecule has 0 saturated carbocycles. The molecule has 2 N–H and O–H groups in total. The summed E-state index contributed by atoms with van der Waals surface area (Å²) in [5.74, 6) is -0.129. The van der Waals surface area contributed by atoms with Crippen LogP contribution in [0.5, 0.6) is 17.2 Å². The number of nitrogens with one attached hydrogen (secondary N) is 2. The van der Waals surface area contributed by atoms with Gasteiger partial charge < -0.3 is 24.8 Å². The zero-order valence-electron chi connectivity index (χ0n) is 19.2. The number of hydrogen-bond donors (Lipinski definition) is 2. The van der Waals surface area contributed by atoms with Gasteiger partial charge in [0.15, 0.2) is 11.5 Å². The highest BCUT2D eigenvalue weighted by Gasteiger charge is 2.32. The van der Waals surface area contributed by atoms with Crippen molar-refractivity contribution in [2.75, 3.05) is 38.7 Å². The van der Waals surface area contributed by atoms with Crippen molar-refractivity contribution in [3.63, 3.8) is 0 Å². The molecule has 8 nitrogen and oxygen atoms in total. The molecule has 2 amide bonds. The number of halogens is 3. The third-order valence-electron chi connectivity index (χ3n) is 4.33. The second-order valence-corrected chi connectivity index (χ2v) is 7.18. The number of ether oxygens (including phenoxy) is 3. The van der Waals surface area contributed by atoms with Crippen LogP contribution in [0.2, 0.25) is 0 Å². The average Bonchev–Trinajstić information content (AvgIpc) is 2.74. The van der Waals surface area contributed by atoms with Crippen LogP contribution in [0, 0.1) is 0 Å². The minimum Gasteiger partial charge on any atom is -0.490 e. The Morgan fingerprint density at radius 3 is 2.24 bits per heavy atom. The van der Waals surface area contributed by atoms with Crippen LogP contribution < -0.4 is 24.8 Å². The van der Waals surface area contributed by atoms with Crippen LogP contribution in [-0.4, -0.2) is 56.4 Å². The van der Waals surface area contributed by atoms with Gasteiger partial charge in [0, 0.05) is 23.9 Å². The fourth-order valence-electron chi connectivity index (χ4n) is 3.00. The summed E-state index contributed by atoms with van der Waals surface area (Å²) in [5, 5.41) is 5.26. The average molecular weight is 483 g/mol. The van der Waals surface area contributed by atoms with Crippen molar-refractivity contribution < 1.29 is 37.0 Å². The fraction of sp³-hybridized carbons (Fsp3) is 0.391. The number of carbonyl (C=O) groups is 2. The SMILES string of the molecule is CCOc1ccc(NC(=O)CN(C)CC(=O)NCc2ccccc2OC(F)(F)F)cc1OCC. The maximum atomic E-state index is 12.5. The Hall–Kier alpha value is -3.47. The van der Waals surface area contributed by atoms with Gasteiger partial charge in [0.1, 0.15) is 5.75 Å². The first-order valence-electron chi connectivity index (χ1n) is 10.6. The van der Waals surface area contributed by atoms with Gasteiger partial charge in [-0.15, -0.1) is 13.2 Å². The Morgan fingerprint density at radius 2 is 1.56 bits per heavy atom. The standard InChI is InChI=1S/C23H28F3N3O5/c1-4-32-19-11-10-17(12-20(19)33-5-2)28-22(31)15-29(3)14-21(30)27-13-16-8-6-7-9-18(16)34-23(24,25)26/h6-12H,4-5,13-15H2,1-3H3,(H,27,30)(H,28,31). The first-order valence-corrected chi connectivity index (χ1v) is 10.6. The predicted molar refractivity (Wildman–Crippen MR) is 120 cm³/mol. The molecule has 11 heteroatoms. The van der Waals surface area contributed by atoms with E-state index < -0.39 is 12.3 Å². The number of anilines is 1. The van der Waals surface area contributed by atoms with Crippen LogP contribution in [0.1, 0.15) is 19.4 Å². The van der Waals surface area contributed by atoms with Crippen molar-refractivity contribution in [1.29, 1.82) is 0 Å². The number of hydrogen-bond acceptors (Lipinski definition) is 6. The van der Waals surface area contributed by atoms with E-state index in [-0.39, 0.29) is 36.9 Å². The molecule has 34 heavy (non-hydrogen) atoms. The highest BCUT2D eigenvalue weighted by Crippen LogP contribution is 2.30. The van der Waals surface area contributed by atoms with Gasteiger partial charge in [-0.05, 0) is 39.1 Å². The van der Waals surface area contributed by atoms with Crippen molar-refractivity contribution in [3.05, 3.63) is 48.0 Å². The zero-order chi connectivity index (χ0) is 25.1. The molecule has 0 fully saturated rings. The zero-order valence-corrected chi connectivity index (χ0v) is 19.2. The van der Waals surface area contributed by atoms with Crippen LogP contribution in [0.4, 0.5) is 18.9 Å². The molecular formula is C23H28F3N3O5. The third kappa shape index (κ3) is 9.18. The fourth-order valence-corrected chi connectivity index (χ4v) is 3.00. The smallest absolute Gasteiger partial charge is 0.490 e. The molecule has 2 rings (SSSR count). The van der Waals surface area contributed by atoms with Gasteiger partial charge in [-0.2, -0.15) is 0 Å². The van der Waals surface area contributed by atoms with E-state index in [0.29, 0.717) is 30.4 Å². The normalized spacial score (nSPS) is 11.1. The molecule has 0 aliphatic rings. The maximum absolute atomic E-state index is 12.5. The highest BCUT2D eigenvalue weighted by molar-refractivity contribution is 5.93. The quantitative estimate of drug-likeness (QED) is 0.480. The lowest BCUT2D eigenvalue weighted by Crippen LogP contribution is -2.38. The van der Waals surface area contributed by atoms with Gasteiger partial charge in [0.25, 0.3) is 0 Å². The molecule has 0 aliphatic carbocycles. The van der Waals surface area contributed by atoms with Crippen molar-refractivity contribution in [1.82, 2.24) is 10.2 Å². The minimum atomic E-state index is -4.83. The van der Waals surface area contributed by atoms with Crippen LogP contribution in [-0.2, 0) is 16.1 Å². The summed E-state index contributed by atoms with van der Waals surface area (Å²) in [7, 11) is 1.57. The Labute approximate surface area is 196 Å². The maximum Gasteiger partial charge on any atom is 0.573 e. The summed E-state index contributed by atoms with van der Waals surface area (Å²) >= 11 is 0. The van der Waals surface area contributed by atoms with Gasteiger partial charge >= 0.3 is 6.36 Å². The number of carbonyl (C=O) groups excluding carboxylic acids is 2. The Balaban J connectivity index is 1.86. The van der Waals surface area contributed by atoms with Gasteiger partial charge in [0.05, 0.1) is 26.3 Å². The molecule has 0 aliphatic heterocycles. The molecular weight excluding hydrogens is 455 g/mol. The van der Waals surface area contributed by atoms with E-state index in [2.05, 4.69) is 15.4 Å². The van der Waals surface area contributed by atoms with Gasteiger partial charge in [-0.25, -0.2) is 0 Å². The second-order valence-electron chi connectivity index (χ2n) is 7.18. The van der Waals surface area contributed by atoms with Crippen molar-refractivity contribution in [2.45, 2.75) is 26.8 Å². The molecule has 0 bridgehead atoms. The van der Waals surface area contributed by atoms with Gasteiger partial charge in [-0.1, -0.05) is 18.2 Å². The Bertz CT molecular complexity index is 969. The largest absolute Gasteiger partial charge is 0.573 e. The summed E-state index contributed by atoms with van der Waals surface area (Å²) in [6, 6.07) is 10.6. The molecule has 2 aromatic carbocycles. The van der Waals surface area contributed by atoms with Crippen LogP contribution in [0.25, 0.3) is 0 Å². The molecule has 0 aromatic heterocycles. The molecule has 0 unspecified atom stereocenters. The molecule has 0 saturated heterocycles. The van der Waals surface area contributed by atoms with Crippen molar-refractivity contribution >= 4 is 17.5 Å². The lowest BCUT2D eigenvalue weighted by atomic mass is 10.2. The summed E-state index contributed by atoms with van der Waals surface area (Å²) in [6.07, 6.45) is -4.83. The Morgan fingerprint density at radius 1 is 0.912 bits per heavy atom. The predicted octanol–water partition coefficient (Wildman–Crippen LogP) is 3.57. The van der Waals surface area contributed by atoms with E-state index in [1.165, 1.54) is 23.1 Å². The highest BCUT2D eigenvalue weighted by atomic mass is 19.4. The second kappa shape index (κ2) is 12.7. The van der Waals surface area contributed by atoms with E-state index in [1.54, 1.807) is 31.3 Å². The first-order chi connectivity index (χ1) is 16.1. The van der Waals surface area contributed by atoms with Crippen molar-refractivity contribution in [2.24, 2.45) is 0 Å². The molecule has 0 spiro atoms. The van der Waals surface area contributed by atoms with E-state index in [0.717, 1.165) is 0 Å². The molecule has 0 atom stereocenters. The number of alkyl halides is 3. The lowest BCUT2D eigenvalue weighted by molar-refractivity contribution is -0.274. The first kappa shape index (κ1) is 26.8. The van der Waals surface area contributed by atoms with Crippen molar-refractivity contribution in [3.8, 4) is 17.2 Å². The number of nitrogens with zero attached hydrogens (tertiary/aromatic N) is 1. The van der Waals surface area contributed by atoms with Crippen LogP contribution in [0.3, 0.4) is 0 Å².